The van der Waals surface area contributed by atoms with Crippen molar-refractivity contribution in [3.05, 3.63) is 66.1 Å². The Morgan fingerprint density at radius 1 is 1.17 bits per heavy atom. The van der Waals surface area contributed by atoms with Gasteiger partial charge >= 0.3 is 6.18 Å². The van der Waals surface area contributed by atoms with Crippen molar-refractivity contribution in [3.63, 3.8) is 0 Å². The van der Waals surface area contributed by atoms with Gasteiger partial charge in [0.15, 0.2) is 0 Å². The largest absolute Gasteiger partial charge is 0.416 e. The Hall–Kier alpha value is -3.33. The fourth-order valence-electron chi connectivity index (χ4n) is 2.71. The number of nitrogens with zero attached hydrogens (tertiary/aromatic N) is 3. The molecule has 0 saturated heterocycles. The molecule has 152 valence electrons. The van der Waals surface area contributed by atoms with E-state index in [9.17, 15) is 18.0 Å². The third kappa shape index (κ3) is 4.57. The standard InChI is InChI=1S/C20H19F3N4O2/c1-26-11-18(24-12-26)16-10-13(19(28)27(2)29-3)4-9-17(16)25-15-7-5-14(6-8-15)20(21,22)23/h4-12,25H,1-3H3. The molecule has 0 aliphatic rings. The van der Waals surface area contributed by atoms with Gasteiger partial charge in [0.05, 0.1) is 24.7 Å². The van der Waals surface area contributed by atoms with E-state index in [1.165, 1.54) is 26.3 Å². The molecule has 1 aromatic heterocycles. The van der Waals surface area contributed by atoms with Crippen LogP contribution in [0.2, 0.25) is 0 Å². The number of carbonyl (C=O) groups is 1. The van der Waals surface area contributed by atoms with Crippen molar-refractivity contribution < 1.29 is 22.8 Å². The molecule has 0 aliphatic heterocycles. The molecular weight excluding hydrogens is 385 g/mol. The third-order valence-corrected chi connectivity index (χ3v) is 4.30. The van der Waals surface area contributed by atoms with Crippen LogP contribution in [0.15, 0.2) is 55.0 Å². The molecule has 0 spiro atoms. The number of aryl methyl sites for hydroxylation is 1. The Bertz CT molecular complexity index is 1010. The molecule has 0 atom stereocenters. The molecule has 2 aromatic carbocycles. The molecule has 0 unspecified atom stereocenters. The maximum atomic E-state index is 12.8. The molecule has 0 fully saturated rings. The van der Waals surface area contributed by atoms with E-state index >= 15 is 0 Å². The number of nitrogens with one attached hydrogen (secondary N) is 1. The summed E-state index contributed by atoms with van der Waals surface area (Å²) in [5.41, 5.74) is 1.96. The lowest BCUT2D eigenvalue weighted by atomic mass is 10.0. The smallest absolute Gasteiger partial charge is 0.355 e. The number of amides is 1. The van der Waals surface area contributed by atoms with Crippen LogP contribution in [0.5, 0.6) is 0 Å². The van der Waals surface area contributed by atoms with Crippen molar-refractivity contribution in [1.29, 1.82) is 0 Å². The maximum absolute atomic E-state index is 12.8. The molecule has 1 heterocycles. The number of hydrogen-bond acceptors (Lipinski definition) is 4. The highest BCUT2D eigenvalue weighted by Crippen LogP contribution is 2.33. The Balaban J connectivity index is 1.98. The lowest BCUT2D eigenvalue weighted by molar-refractivity contribution is -0.137. The molecule has 0 radical (unpaired) electrons. The van der Waals surface area contributed by atoms with Gasteiger partial charge in [-0.3, -0.25) is 9.63 Å². The lowest BCUT2D eigenvalue weighted by Crippen LogP contribution is -2.25. The maximum Gasteiger partial charge on any atom is 0.416 e. The Kier molecular flexibility index (Phi) is 5.60. The van der Waals surface area contributed by atoms with Crippen LogP contribution in [-0.2, 0) is 18.1 Å². The number of hydrogen-bond donors (Lipinski definition) is 1. The number of hydroxylamine groups is 2. The fraction of sp³-hybridized carbons (Fsp3) is 0.200. The molecule has 0 bridgehead atoms. The van der Waals surface area contributed by atoms with E-state index in [0.717, 1.165) is 17.2 Å². The highest BCUT2D eigenvalue weighted by molar-refractivity contribution is 5.96. The van der Waals surface area contributed by atoms with Crippen molar-refractivity contribution in [3.8, 4) is 11.3 Å². The normalized spacial score (nSPS) is 11.4. The summed E-state index contributed by atoms with van der Waals surface area (Å²) in [5, 5.41) is 4.19. The van der Waals surface area contributed by atoms with Gasteiger partial charge in [-0.1, -0.05) is 0 Å². The quantitative estimate of drug-likeness (QED) is 0.637. The van der Waals surface area contributed by atoms with Gasteiger partial charge in [-0.15, -0.1) is 0 Å². The summed E-state index contributed by atoms with van der Waals surface area (Å²) in [7, 11) is 4.70. The molecule has 0 saturated carbocycles. The lowest BCUT2D eigenvalue weighted by Gasteiger charge is -2.16. The number of imidazole rings is 1. The molecule has 3 rings (SSSR count). The molecular formula is C20H19F3N4O2. The minimum atomic E-state index is -4.40. The predicted octanol–water partition coefficient (Wildman–Crippen LogP) is 4.48. The second kappa shape index (κ2) is 7.96. The first-order chi connectivity index (χ1) is 13.7. The summed E-state index contributed by atoms with van der Waals surface area (Å²) < 4.78 is 40.1. The average molecular weight is 404 g/mol. The predicted molar refractivity (Wildman–Crippen MR) is 102 cm³/mol. The number of anilines is 2. The average Bonchev–Trinajstić information content (AvgIpc) is 3.13. The van der Waals surface area contributed by atoms with E-state index in [1.807, 2.05) is 7.05 Å². The minimum Gasteiger partial charge on any atom is -0.355 e. The zero-order valence-electron chi connectivity index (χ0n) is 16.0. The van der Waals surface area contributed by atoms with E-state index in [1.54, 1.807) is 35.3 Å². The van der Waals surface area contributed by atoms with E-state index in [2.05, 4.69) is 10.3 Å². The van der Waals surface area contributed by atoms with E-state index < -0.39 is 11.7 Å². The first-order valence-corrected chi connectivity index (χ1v) is 8.58. The van der Waals surface area contributed by atoms with Gasteiger partial charge in [-0.25, -0.2) is 10.0 Å². The molecule has 9 heteroatoms. The van der Waals surface area contributed by atoms with E-state index in [-0.39, 0.29) is 5.91 Å². The van der Waals surface area contributed by atoms with Gasteiger partial charge in [-0.2, -0.15) is 13.2 Å². The molecule has 1 amide bonds. The first kappa shape index (κ1) is 20.4. The van der Waals surface area contributed by atoms with Crippen molar-refractivity contribution in [2.24, 2.45) is 7.05 Å². The Labute approximate surface area is 165 Å². The number of alkyl halides is 3. The second-order valence-corrected chi connectivity index (χ2v) is 6.37. The van der Waals surface area contributed by atoms with Gasteiger partial charge in [0.25, 0.3) is 5.91 Å². The first-order valence-electron chi connectivity index (χ1n) is 8.58. The van der Waals surface area contributed by atoms with Crippen LogP contribution in [0.4, 0.5) is 24.5 Å². The fourth-order valence-corrected chi connectivity index (χ4v) is 2.71. The minimum absolute atomic E-state index is 0.342. The van der Waals surface area contributed by atoms with Gasteiger partial charge in [0.1, 0.15) is 0 Å². The van der Waals surface area contributed by atoms with Gasteiger partial charge < -0.3 is 9.88 Å². The number of halogens is 3. The van der Waals surface area contributed by atoms with Crippen molar-refractivity contribution in [2.45, 2.75) is 6.18 Å². The SMILES string of the molecule is CON(C)C(=O)c1ccc(Nc2ccc(C(F)(F)F)cc2)c(-c2cn(C)cn2)c1. The molecule has 1 N–H and O–H groups in total. The zero-order chi connectivity index (χ0) is 21.2. The van der Waals surface area contributed by atoms with Gasteiger partial charge in [-0.05, 0) is 42.5 Å². The molecule has 6 nitrogen and oxygen atoms in total. The summed E-state index contributed by atoms with van der Waals surface area (Å²) in [6, 6.07) is 9.66. The van der Waals surface area contributed by atoms with Crippen LogP contribution in [0, 0.1) is 0 Å². The number of aromatic nitrogens is 2. The van der Waals surface area contributed by atoms with Crippen LogP contribution >= 0.6 is 0 Å². The second-order valence-electron chi connectivity index (χ2n) is 6.37. The van der Waals surface area contributed by atoms with E-state index in [0.29, 0.717) is 28.2 Å². The van der Waals surface area contributed by atoms with Gasteiger partial charge in [0.2, 0.25) is 0 Å². The number of carbonyl (C=O) groups excluding carboxylic acids is 1. The Morgan fingerprint density at radius 3 is 2.41 bits per heavy atom. The summed E-state index contributed by atoms with van der Waals surface area (Å²) in [6.45, 7) is 0. The summed E-state index contributed by atoms with van der Waals surface area (Å²) >= 11 is 0. The van der Waals surface area contributed by atoms with Crippen LogP contribution in [0.25, 0.3) is 11.3 Å². The zero-order valence-corrected chi connectivity index (χ0v) is 16.0. The third-order valence-electron chi connectivity index (χ3n) is 4.30. The van der Waals surface area contributed by atoms with Crippen LogP contribution in [0.3, 0.4) is 0 Å². The summed E-state index contributed by atoms with van der Waals surface area (Å²) in [4.78, 5) is 21.7. The van der Waals surface area contributed by atoms with Crippen LogP contribution < -0.4 is 5.32 Å². The van der Waals surface area contributed by atoms with Crippen molar-refractivity contribution >= 4 is 17.3 Å². The van der Waals surface area contributed by atoms with Crippen molar-refractivity contribution in [1.82, 2.24) is 14.6 Å². The van der Waals surface area contributed by atoms with Crippen LogP contribution in [-0.4, -0.2) is 34.7 Å². The summed E-state index contributed by atoms with van der Waals surface area (Å²) in [6.07, 6.45) is -0.998. The Morgan fingerprint density at radius 2 is 1.86 bits per heavy atom. The summed E-state index contributed by atoms with van der Waals surface area (Å²) in [5.74, 6) is -0.342. The van der Waals surface area contributed by atoms with Crippen LogP contribution in [0.1, 0.15) is 15.9 Å². The highest BCUT2D eigenvalue weighted by Gasteiger charge is 2.30. The monoisotopic (exact) mass is 404 g/mol. The molecule has 29 heavy (non-hydrogen) atoms. The highest BCUT2D eigenvalue weighted by atomic mass is 19.4. The number of benzene rings is 2. The van der Waals surface area contributed by atoms with Crippen molar-refractivity contribution in [2.75, 3.05) is 19.5 Å². The van der Waals surface area contributed by atoms with E-state index in [4.69, 9.17) is 4.84 Å². The van der Waals surface area contributed by atoms with Gasteiger partial charge in [0, 0.05) is 42.8 Å². The molecule has 3 aromatic rings. The molecule has 0 aliphatic carbocycles. The number of rotatable bonds is 5. The topological polar surface area (TPSA) is 59.4 Å².